The van der Waals surface area contributed by atoms with Crippen LogP contribution in [0.4, 0.5) is 0 Å². The summed E-state index contributed by atoms with van der Waals surface area (Å²) in [6.07, 6.45) is -22.4. The molecule has 19 heteroatoms. The Bertz CT molecular complexity index is 1960. The van der Waals surface area contributed by atoms with E-state index in [9.17, 15) is 61.0 Å². The smallest absolute Gasteiger partial charge is 0.239 e. The van der Waals surface area contributed by atoms with Crippen molar-refractivity contribution in [3.63, 3.8) is 0 Å². The Hall–Kier alpha value is -3.93. The molecule has 2 aromatic carbocycles. The molecule has 0 bridgehead atoms. The Morgan fingerprint density at radius 1 is 0.737 bits per heavy atom. The first-order valence-corrected chi connectivity index (χ1v) is 18.2. The highest BCUT2D eigenvalue weighted by Crippen LogP contribution is 2.42. The highest BCUT2D eigenvalue weighted by molar-refractivity contribution is 5.91. The van der Waals surface area contributed by atoms with Gasteiger partial charge in [0, 0.05) is 17.2 Å². The Labute approximate surface area is 324 Å². The van der Waals surface area contributed by atoms with E-state index in [0.29, 0.717) is 0 Å². The maximum absolute atomic E-state index is 14.6. The standard InChI is InChI=1S/C38H48O19/c1-13(2)5-10-18-20(53-37-31(50)28(47)25(44)21(12-39)54-37)11-19(41)22-26(45)34(32(55-33(18)22)16-6-8-17(40)9-7-16)56-38-35(29(48)24(43)15(4)52-38)57-36-30(49)27(46)23(42)14(3)51-36/h5-9,11,14-15,21,23-25,27-31,35-44,46-50H,10,12H2,1-4H3/t14-,15-,21+,23-,24-,25+,27+,28-,29+,30+,31+,35+,36-,37+,38-/m1/s1. The van der Waals surface area contributed by atoms with Gasteiger partial charge >= 0.3 is 0 Å². The predicted molar refractivity (Wildman–Crippen MR) is 193 cm³/mol. The zero-order chi connectivity index (χ0) is 41.6. The zero-order valence-electron chi connectivity index (χ0n) is 31.2. The van der Waals surface area contributed by atoms with E-state index >= 15 is 0 Å². The molecule has 1 aromatic heterocycles. The van der Waals surface area contributed by atoms with Crippen LogP contribution >= 0.6 is 0 Å². The summed E-state index contributed by atoms with van der Waals surface area (Å²) in [4.78, 5) is 14.6. The summed E-state index contributed by atoms with van der Waals surface area (Å²) in [6.45, 7) is 5.64. The van der Waals surface area contributed by atoms with Gasteiger partial charge in [0.25, 0.3) is 0 Å². The van der Waals surface area contributed by atoms with E-state index in [0.717, 1.165) is 11.6 Å². The van der Waals surface area contributed by atoms with Crippen LogP contribution in [0.25, 0.3) is 22.3 Å². The van der Waals surface area contributed by atoms with Gasteiger partial charge in [-0.1, -0.05) is 11.6 Å². The summed E-state index contributed by atoms with van der Waals surface area (Å²) in [5.41, 5.74) is -0.144. The van der Waals surface area contributed by atoms with E-state index in [1.54, 1.807) is 19.9 Å². The Morgan fingerprint density at radius 3 is 1.96 bits per heavy atom. The molecule has 0 radical (unpaired) electrons. The molecule has 0 unspecified atom stereocenters. The molecule has 0 saturated carbocycles. The molecule has 11 N–H and O–H groups in total. The summed E-state index contributed by atoms with van der Waals surface area (Å²) in [7, 11) is 0. The van der Waals surface area contributed by atoms with Crippen molar-refractivity contribution in [3.05, 3.63) is 57.8 Å². The minimum atomic E-state index is -1.84. The van der Waals surface area contributed by atoms with Crippen LogP contribution in [0.5, 0.6) is 23.0 Å². The molecule has 15 atom stereocenters. The molecule has 3 aliphatic rings. The number of phenols is 2. The Morgan fingerprint density at radius 2 is 1.33 bits per heavy atom. The van der Waals surface area contributed by atoms with Gasteiger partial charge in [0.2, 0.25) is 23.8 Å². The van der Waals surface area contributed by atoms with Crippen LogP contribution in [0.1, 0.15) is 33.3 Å². The van der Waals surface area contributed by atoms with Gasteiger partial charge in [0.15, 0.2) is 18.2 Å². The minimum absolute atomic E-state index is 0.00401. The Balaban J connectivity index is 1.50. The maximum Gasteiger partial charge on any atom is 0.239 e. The van der Waals surface area contributed by atoms with Crippen molar-refractivity contribution in [1.82, 2.24) is 0 Å². The second kappa shape index (κ2) is 17.1. The summed E-state index contributed by atoms with van der Waals surface area (Å²) < 4.78 is 41.3. The van der Waals surface area contributed by atoms with E-state index in [-0.39, 0.29) is 40.4 Å². The molecule has 4 heterocycles. The van der Waals surface area contributed by atoms with Gasteiger partial charge in [-0.05, 0) is 58.4 Å². The molecule has 3 saturated heterocycles. The van der Waals surface area contributed by atoms with Crippen molar-refractivity contribution in [2.24, 2.45) is 0 Å². The first kappa shape index (κ1) is 42.7. The number of phenolic OH excluding ortho intramolecular Hbond substituents is 2. The minimum Gasteiger partial charge on any atom is -0.508 e. The Kier molecular flexibility index (Phi) is 12.8. The molecule has 57 heavy (non-hydrogen) atoms. The lowest BCUT2D eigenvalue weighted by molar-refractivity contribution is -0.352. The van der Waals surface area contributed by atoms with Crippen LogP contribution in [-0.4, -0.2) is 155 Å². The lowest BCUT2D eigenvalue weighted by atomic mass is 9.98. The van der Waals surface area contributed by atoms with Crippen molar-refractivity contribution in [3.8, 4) is 34.3 Å². The quantitative estimate of drug-likeness (QED) is 0.105. The van der Waals surface area contributed by atoms with Crippen molar-refractivity contribution in [1.29, 1.82) is 0 Å². The second-order valence-electron chi connectivity index (χ2n) is 14.6. The van der Waals surface area contributed by atoms with Crippen molar-refractivity contribution < 1.29 is 89.0 Å². The fourth-order valence-corrected chi connectivity index (χ4v) is 6.80. The predicted octanol–water partition coefficient (Wildman–Crippen LogP) is -1.38. The summed E-state index contributed by atoms with van der Waals surface area (Å²) in [5, 5.41) is 115. The van der Waals surface area contributed by atoms with E-state index < -0.39 is 121 Å². The van der Waals surface area contributed by atoms with Gasteiger partial charge in [-0.2, -0.15) is 0 Å². The van der Waals surface area contributed by atoms with Crippen molar-refractivity contribution in [2.45, 2.75) is 126 Å². The number of aliphatic hydroxyl groups excluding tert-OH is 9. The summed E-state index contributed by atoms with van der Waals surface area (Å²) >= 11 is 0. The van der Waals surface area contributed by atoms with Gasteiger partial charge in [0.1, 0.15) is 83.2 Å². The lowest BCUT2D eigenvalue weighted by Crippen LogP contribution is -2.63. The number of ether oxygens (including phenoxy) is 6. The van der Waals surface area contributed by atoms with Gasteiger partial charge in [0.05, 0.1) is 18.8 Å². The normalized spacial score (nSPS) is 35.8. The van der Waals surface area contributed by atoms with Crippen LogP contribution in [0.15, 0.2) is 51.2 Å². The summed E-state index contributed by atoms with van der Waals surface area (Å²) in [5.74, 6) is -1.96. The monoisotopic (exact) mass is 808 g/mol. The number of rotatable bonds is 10. The average molecular weight is 809 g/mol. The molecule has 6 rings (SSSR count). The molecule has 3 aromatic rings. The lowest BCUT2D eigenvalue weighted by Gasteiger charge is -2.45. The third-order valence-electron chi connectivity index (χ3n) is 10.2. The van der Waals surface area contributed by atoms with Crippen LogP contribution in [0.2, 0.25) is 0 Å². The zero-order valence-corrected chi connectivity index (χ0v) is 31.2. The molecule has 3 fully saturated rings. The van der Waals surface area contributed by atoms with Crippen LogP contribution in [-0.2, 0) is 25.4 Å². The number of aliphatic hydroxyl groups is 9. The van der Waals surface area contributed by atoms with Crippen molar-refractivity contribution >= 4 is 11.0 Å². The number of hydrogen-bond donors (Lipinski definition) is 11. The van der Waals surface area contributed by atoms with Crippen molar-refractivity contribution in [2.75, 3.05) is 6.61 Å². The molecule has 0 spiro atoms. The fraction of sp³-hybridized carbons (Fsp3) is 0.553. The number of aromatic hydroxyl groups is 2. The van der Waals surface area contributed by atoms with Gasteiger partial charge in [-0.25, -0.2) is 0 Å². The maximum atomic E-state index is 14.6. The third kappa shape index (κ3) is 8.35. The van der Waals surface area contributed by atoms with Gasteiger partial charge in [-0.15, -0.1) is 0 Å². The van der Waals surface area contributed by atoms with Crippen LogP contribution < -0.4 is 14.9 Å². The van der Waals surface area contributed by atoms with Crippen LogP contribution in [0.3, 0.4) is 0 Å². The first-order chi connectivity index (χ1) is 26.9. The van der Waals surface area contributed by atoms with E-state index in [1.165, 1.54) is 38.1 Å². The van der Waals surface area contributed by atoms with E-state index in [2.05, 4.69) is 0 Å². The number of benzene rings is 2. The topological polar surface area (TPSA) is 308 Å². The number of fused-ring (bicyclic) bond motifs is 1. The molecule has 0 amide bonds. The number of allylic oxidation sites excluding steroid dienone is 2. The molecule has 0 aliphatic carbocycles. The summed E-state index contributed by atoms with van der Waals surface area (Å²) in [6, 6.07) is 6.38. The average Bonchev–Trinajstić information content (AvgIpc) is 3.17. The molecular weight excluding hydrogens is 760 g/mol. The molecule has 19 nitrogen and oxygen atoms in total. The largest absolute Gasteiger partial charge is 0.508 e. The van der Waals surface area contributed by atoms with E-state index in [1.807, 2.05) is 0 Å². The highest BCUT2D eigenvalue weighted by Gasteiger charge is 2.51. The number of hydrogen-bond acceptors (Lipinski definition) is 19. The van der Waals surface area contributed by atoms with E-state index in [4.69, 9.17) is 32.8 Å². The van der Waals surface area contributed by atoms with Gasteiger partial charge < -0.3 is 89.0 Å². The van der Waals surface area contributed by atoms with Crippen LogP contribution in [0, 0.1) is 0 Å². The SMILES string of the molecule is CC(C)=CCc1c(O[C@H]2O[C@@H](CO)[C@H](O)[C@@H](O)[C@@H]2O)cc(O)c2c(=O)c(O[C@H]3O[C@H](C)[C@@H](O)[C@H](O)[C@@H]3O[C@H]3O[C@H](C)[C@@H](O)[C@H](O)[C@@H]3O)c(-c3ccc(O)cc3)oc12. The van der Waals surface area contributed by atoms with Gasteiger partial charge in [-0.3, -0.25) is 4.79 Å². The third-order valence-corrected chi connectivity index (χ3v) is 10.2. The molecular formula is C38H48O19. The second-order valence-corrected chi connectivity index (χ2v) is 14.6. The molecule has 3 aliphatic heterocycles. The fourth-order valence-electron chi connectivity index (χ4n) is 6.80. The molecule has 314 valence electrons. The first-order valence-electron chi connectivity index (χ1n) is 18.2. The highest BCUT2D eigenvalue weighted by atomic mass is 16.8.